The summed E-state index contributed by atoms with van der Waals surface area (Å²) in [6.45, 7) is 9.33. The fourth-order valence-corrected chi connectivity index (χ4v) is 4.09. The van der Waals surface area contributed by atoms with Gasteiger partial charge in [-0.2, -0.15) is 5.26 Å². The number of nitrogens with zero attached hydrogens (tertiary/aromatic N) is 2. The fraction of sp³-hybridized carbons (Fsp3) is 0.552. The lowest BCUT2D eigenvalue weighted by Crippen LogP contribution is -2.43. The van der Waals surface area contributed by atoms with Crippen LogP contribution in [-0.4, -0.2) is 36.5 Å². The molecule has 0 aromatic heterocycles. The third-order valence-corrected chi connectivity index (χ3v) is 6.14. The van der Waals surface area contributed by atoms with Crippen LogP contribution in [-0.2, 0) is 9.59 Å². The van der Waals surface area contributed by atoms with Crippen LogP contribution in [0, 0.1) is 11.3 Å². The maximum Gasteiger partial charge on any atom is 0.271 e. The summed E-state index contributed by atoms with van der Waals surface area (Å²) in [6, 6.07) is 7.58. The molecule has 0 saturated heterocycles. The Morgan fingerprint density at radius 2 is 1.57 bits per heavy atom. The molecule has 0 saturated carbocycles. The summed E-state index contributed by atoms with van der Waals surface area (Å²) in [5, 5.41) is 9.60. The molecule has 6 heteroatoms. The van der Waals surface area contributed by atoms with Gasteiger partial charge < -0.3 is 9.47 Å². The summed E-state index contributed by atoms with van der Waals surface area (Å²) in [5.74, 6) is 0.445. The monoisotopic (exact) mass is 480 g/mol. The van der Waals surface area contributed by atoms with Crippen molar-refractivity contribution >= 4 is 17.9 Å². The van der Waals surface area contributed by atoms with Crippen LogP contribution in [0.15, 0.2) is 34.9 Å². The Balaban J connectivity index is 2.26. The molecule has 0 atom stereocenters. The van der Waals surface area contributed by atoms with Gasteiger partial charge >= 0.3 is 0 Å². The van der Waals surface area contributed by atoms with Gasteiger partial charge in [0.25, 0.3) is 11.8 Å². The number of unbranched alkanes of at least 4 members (excludes halogenated alkanes) is 7. The first-order chi connectivity index (χ1) is 17.0. The maximum atomic E-state index is 13.2. The van der Waals surface area contributed by atoms with E-state index >= 15 is 0 Å². The van der Waals surface area contributed by atoms with Gasteiger partial charge in [-0.1, -0.05) is 64.9 Å². The van der Waals surface area contributed by atoms with Crippen molar-refractivity contribution in [1.82, 2.24) is 4.90 Å². The Kier molecular flexibility index (Phi) is 12.1. The zero-order chi connectivity index (χ0) is 25.6. The van der Waals surface area contributed by atoms with Crippen LogP contribution in [0.3, 0.4) is 0 Å². The maximum absolute atomic E-state index is 13.2. The lowest BCUT2D eigenvalue weighted by atomic mass is 9.93. The Morgan fingerprint density at radius 1 is 0.886 bits per heavy atom. The number of hydrogen-bond acceptors (Lipinski definition) is 5. The second-order valence-electron chi connectivity index (χ2n) is 8.89. The molecule has 0 radical (unpaired) electrons. The second kappa shape index (κ2) is 15.0. The van der Waals surface area contributed by atoms with Gasteiger partial charge in [-0.3, -0.25) is 14.5 Å². The molecule has 6 nitrogen and oxygen atoms in total. The van der Waals surface area contributed by atoms with Gasteiger partial charge in [0.1, 0.15) is 11.6 Å². The Hall–Kier alpha value is -3.07. The van der Waals surface area contributed by atoms with E-state index in [-0.39, 0.29) is 11.5 Å². The quantitative estimate of drug-likeness (QED) is 0.160. The number of carbonyl (C=O) groups excluding carboxylic acids is 2. The number of rotatable bonds is 15. The van der Waals surface area contributed by atoms with E-state index in [1.807, 2.05) is 31.2 Å². The molecule has 2 rings (SSSR count). The third kappa shape index (κ3) is 7.99. The molecule has 2 amide bonds. The molecule has 190 valence electrons. The summed E-state index contributed by atoms with van der Waals surface area (Å²) >= 11 is 0. The largest absolute Gasteiger partial charge is 0.490 e. The lowest BCUT2D eigenvalue weighted by molar-refractivity contribution is -0.140. The van der Waals surface area contributed by atoms with Gasteiger partial charge in [-0.05, 0) is 56.0 Å². The van der Waals surface area contributed by atoms with Crippen molar-refractivity contribution in [3.05, 3.63) is 40.5 Å². The third-order valence-electron chi connectivity index (χ3n) is 6.14. The molecule has 1 aliphatic rings. The molecule has 1 aromatic rings. The van der Waals surface area contributed by atoms with E-state index in [0.717, 1.165) is 44.1 Å². The van der Waals surface area contributed by atoms with Crippen molar-refractivity contribution in [2.45, 2.75) is 85.5 Å². The zero-order valence-corrected chi connectivity index (χ0v) is 21.8. The van der Waals surface area contributed by atoms with E-state index in [1.54, 1.807) is 13.0 Å². The highest BCUT2D eigenvalue weighted by atomic mass is 16.5. The van der Waals surface area contributed by atoms with Crippen molar-refractivity contribution in [1.29, 1.82) is 5.26 Å². The van der Waals surface area contributed by atoms with E-state index in [4.69, 9.17) is 9.47 Å². The lowest BCUT2D eigenvalue weighted by Gasteiger charge is -2.27. The van der Waals surface area contributed by atoms with Crippen LogP contribution in [0.5, 0.6) is 11.5 Å². The number of imide groups is 1. The van der Waals surface area contributed by atoms with E-state index in [2.05, 4.69) is 13.8 Å². The first-order valence-electron chi connectivity index (χ1n) is 13.1. The Morgan fingerprint density at radius 3 is 2.23 bits per heavy atom. The molecule has 1 heterocycles. The van der Waals surface area contributed by atoms with Crippen LogP contribution in [0.1, 0.15) is 91.0 Å². The zero-order valence-electron chi connectivity index (χ0n) is 21.8. The van der Waals surface area contributed by atoms with E-state index < -0.39 is 5.91 Å². The molecule has 0 N–H and O–H groups in total. The molecule has 0 spiro atoms. The molecular formula is C29H40N2O4. The summed E-state index contributed by atoms with van der Waals surface area (Å²) in [4.78, 5) is 27.2. The van der Waals surface area contributed by atoms with Crippen molar-refractivity contribution in [3.8, 4) is 17.6 Å². The van der Waals surface area contributed by atoms with Crippen molar-refractivity contribution in [2.24, 2.45) is 0 Å². The number of nitriles is 1. The van der Waals surface area contributed by atoms with Crippen LogP contribution in [0.25, 0.3) is 6.08 Å². The van der Waals surface area contributed by atoms with E-state index in [1.165, 1.54) is 24.2 Å². The number of ether oxygens (including phenoxy) is 2. The smallest absolute Gasteiger partial charge is 0.271 e. The fourth-order valence-electron chi connectivity index (χ4n) is 4.09. The highest BCUT2D eigenvalue weighted by molar-refractivity contribution is 6.19. The van der Waals surface area contributed by atoms with Gasteiger partial charge in [0.05, 0.1) is 13.2 Å². The van der Waals surface area contributed by atoms with Gasteiger partial charge in [0, 0.05) is 12.1 Å². The van der Waals surface area contributed by atoms with Crippen molar-refractivity contribution < 1.29 is 19.1 Å². The molecule has 35 heavy (non-hydrogen) atoms. The van der Waals surface area contributed by atoms with Crippen LogP contribution >= 0.6 is 0 Å². The summed E-state index contributed by atoms with van der Waals surface area (Å²) in [5.41, 5.74) is 1.56. The highest BCUT2D eigenvalue weighted by Gasteiger charge is 2.35. The summed E-state index contributed by atoms with van der Waals surface area (Å²) in [6.07, 6.45) is 11.3. The van der Waals surface area contributed by atoms with E-state index in [0.29, 0.717) is 42.4 Å². The highest BCUT2D eigenvalue weighted by Crippen LogP contribution is 2.32. The number of hydrogen-bond donors (Lipinski definition) is 0. The number of carbonyl (C=O) groups is 2. The molecule has 0 bridgehead atoms. The first kappa shape index (κ1) is 28.2. The molecular weight excluding hydrogens is 440 g/mol. The van der Waals surface area contributed by atoms with Gasteiger partial charge in [0.2, 0.25) is 0 Å². The van der Waals surface area contributed by atoms with Crippen LogP contribution in [0.2, 0.25) is 0 Å². The average molecular weight is 481 g/mol. The molecule has 1 aliphatic heterocycles. The van der Waals surface area contributed by atoms with Crippen molar-refractivity contribution in [2.75, 3.05) is 19.8 Å². The second-order valence-corrected chi connectivity index (χ2v) is 8.89. The minimum absolute atomic E-state index is 0.0272. The minimum atomic E-state index is -0.499. The van der Waals surface area contributed by atoms with Crippen molar-refractivity contribution in [3.63, 3.8) is 0 Å². The SMILES string of the molecule is CCCCCCCOc1ccc(/C=C2/C(=O)N(CCCCCC)C(=O)C(C#N)=C2C)cc1OCC. The number of amides is 2. The predicted molar refractivity (Wildman–Crippen MR) is 139 cm³/mol. The minimum Gasteiger partial charge on any atom is -0.490 e. The van der Waals surface area contributed by atoms with E-state index in [9.17, 15) is 14.9 Å². The topological polar surface area (TPSA) is 79.6 Å². The average Bonchev–Trinajstić information content (AvgIpc) is 2.85. The molecule has 0 fully saturated rings. The summed E-state index contributed by atoms with van der Waals surface area (Å²) < 4.78 is 11.8. The van der Waals surface area contributed by atoms with Gasteiger partial charge in [-0.25, -0.2) is 0 Å². The Labute approximate surface area is 210 Å². The molecule has 1 aromatic carbocycles. The number of benzene rings is 1. The standard InChI is InChI=1S/C29H40N2O4/c1-5-8-10-12-14-18-35-26-16-15-23(20-27(26)34-7-3)19-24-22(4)25(21-30)29(33)31(28(24)32)17-13-11-9-6-2/h15-16,19-20H,5-14,17-18H2,1-4H3/b24-19+. The normalized spacial score (nSPS) is 15.1. The van der Waals surface area contributed by atoms with Crippen LogP contribution < -0.4 is 9.47 Å². The molecule has 0 aliphatic carbocycles. The molecule has 0 unspecified atom stereocenters. The Bertz CT molecular complexity index is 971. The van der Waals surface area contributed by atoms with Gasteiger partial charge in [-0.15, -0.1) is 0 Å². The summed E-state index contributed by atoms with van der Waals surface area (Å²) in [7, 11) is 0. The van der Waals surface area contributed by atoms with Crippen LogP contribution in [0.4, 0.5) is 0 Å². The first-order valence-corrected chi connectivity index (χ1v) is 13.1. The van der Waals surface area contributed by atoms with Gasteiger partial charge in [0.15, 0.2) is 11.5 Å². The predicted octanol–water partition coefficient (Wildman–Crippen LogP) is 6.61.